The minimum atomic E-state index is 0.424. The fraction of sp³-hybridized carbons (Fsp3) is 0.333. The van der Waals surface area contributed by atoms with Crippen LogP contribution in [-0.4, -0.2) is 43.4 Å². The van der Waals surface area contributed by atoms with E-state index < -0.39 is 0 Å². The van der Waals surface area contributed by atoms with Crippen LogP contribution in [0.25, 0.3) is 16.6 Å². The van der Waals surface area contributed by atoms with E-state index in [-0.39, 0.29) is 0 Å². The summed E-state index contributed by atoms with van der Waals surface area (Å²) in [6.45, 7) is 2.15. The number of hydrogen-bond donors (Lipinski definition) is 0. The first kappa shape index (κ1) is 21.9. The molecular formula is C27H25N7S. The standard InChI is InChI=1S/C27H25N7S/c1-17-24(15-31-34(17)23-10-21-7-8-22(11-23)32(21)2)19-9-26(27-20(13-29)14-30-33(27)16-19)35-25-6-4-3-5-18(25)12-28/h3-6,9,14-16,21-23H,7-8,10-11H2,1-2H3/t21-,22+,23-. The molecule has 2 bridgehead atoms. The van der Waals surface area contributed by atoms with Gasteiger partial charge in [0, 0.05) is 44.9 Å². The first-order valence-corrected chi connectivity index (χ1v) is 12.7. The Morgan fingerprint density at radius 3 is 2.43 bits per heavy atom. The van der Waals surface area contributed by atoms with Gasteiger partial charge in [0.2, 0.25) is 0 Å². The summed E-state index contributed by atoms with van der Waals surface area (Å²) >= 11 is 1.49. The van der Waals surface area contributed by atoms with E-state index in [4.69, 9.17) is 5.10 Å². The number of aromatic nitrogens is 4. The van der Waals surface area contributed by atoms with E-state index in [1.807, 2.05) is 36.7 Å². The van der Waals surface area contributed by atoms with Crippen molar-refractivity contribution in [1.29, 1.82) is 10.5 Å². The van der Waals surface area contributed by atoms with Gasteiger partial charge in [-0.3, -0.25) is 4.68 Å². The zero-order valence-electron chi connectivity index (χ0n) is 19.7. The second kappa shape index (κ2) is 8.57. The molecule has 7 nitrogen and oxygen atoms in total. The smallest absolute Gasteiger partial charge is 0.103 e. The summed E-state index contributed by atoms with van der Waals surface area (Å²) in [5.41, 5.74) is 5.11. The number of hydrogen-bond acceptors (Lipinski definition) is 6. The van der Waals surface area contributed by atoms with Crippen molar-refractivity contribution in [3.05, 3.63) is 65.7 Å². The summed E-state index contributed by atoms with van der Waals surface area (Å²) in [4.78, 5) is 4.30. The first-order valence-electron chi connectivity index (χ1n) is 11.9. The van der Waals surface area contributed by atoms with Crippen molar-refractivity contribution in [3.63, 3.8) is 0 Å². The summed E-state index contributed by atoms with van der Waals surface area (Å²) in [5.74, 6) is 0. The highest BCUT2D eigenvalue weighted by atomic mass is 32.2. The molecule has 2 aliphatic rings. The number of pyridine rings is 1. The minimum Gasteiger partial charge on any atom is -0.300 e. The molecule has 8 heteroatoms. The number of rotatable bonds is 4. The van der Waals surface area contributed by atoms with Crippen LogP contribution in [0.2, 0.25) is 0 Å². The lowest BCUT2D eigenvalue weighted by Gasteiger charge is -2.36. The monoisotopic (exact) mass is 479 g/mol. The average molecular weight is 480 g/mol. The molecule has 2 fully saturated rings. The van der Waals surface area contributed by atoms with Crippen LogP contribution in [0.4, 0.5) is 0 Å². The molecule has 174 valence electrons. The lowest BCUT2D eigenvalue weighted by molar-refractivity contribution is 0.130. The molecule has 0 spiro atoms. The van der Waals surface area contributed by atoms with Gasteiger partial charge in [0.05, 0.1) is 35.1 Å². The summed E-state index contributed by atoms with van der Waals surface area (Å²) < 4.78 is 4.00. The first-order chi connectivity index (χ1) is 17.1. The molecule has 6 rings (SSSR count). The zero-order valence-corrected chi connectivity index (χ0v) is 20.5. The van der Waals surface area contributed by atoms with Gasteiger partial charge in [0.15, 0.2) is 0 Å². The molecule has 0 unspecified atom stereocenters. The molecule has 1 aromatic carbocycles. The Labute approximate surface area is 208 Å². The second-order valence-corrected chi connectivity index (χ2v) is 10.6. The van der Waals surface area contributed by atoms with E-state index in [2.05, 4.69) is 46.9 Å². The van der Waals surface area contributed by atoms with Gasteiger partial charge in [-0.15, -0.1) is 0 Å². The topological polar surface area (TPSA) is 85.9 Å². The van der Waals surface area contributed by atoms with Crippen LogP contribution < -0.4 is 0 Å². The third-order valence-electron chi connectivity index (χ3n) is 7.70. The Balaban J connectivity index is 1.42. The SMILES string of the molecule is Cc1c(-c2cc(Sc3ccccc3C#N)c3c(C#N)cnn3c2)cnn1[C@@H]1C[C@H]2CC[C@@H](C1)N2C. The van der Waals surface area contributed by atoms with Crippen LogP contribution in [0.15, 0.2) is 58.7 Å². The lowest BCUT2D eigenvalue weighted by atomic mass is 9.97. The Kier molecular flexibility index (Phi) is 5.36. The molecule has 0 aliphatic carbocycles. The van der Waals surface area contributed by atoms with Gasteiger partial charge in [-0.25, -0.2) is 4.52 Å². The largest absolute Gasteiger partial charge is 0.300 e. The molecule has 5 heterocycles. The Morgan fingerprint density at radius 1 is 0.943 bits per heavy atom. The molecular weight excluding hydrogens is 454 g/mol. The maximum atomic E-state index is 9.68. The van der Waals surface area contributed by atoms with E-state index in [1.54, 1.807) is 10.7 Å². The fourth-order valence-electron chi connectivity index (χ4n) is 5.82. The van der Waals surface area contributed by atoms with Crippen molar-refractivity contribution < 1.29 is 0 Å². The highest BCUT2D eigenvalue weighted by molar-refractivity contribution is 7.99. The van der Waals surface area contributed by atoms with Crippen LogP contribution in [-0.2, 0) is 0 Å². The summed E-state index contributed by atoms with van der Waals surface area (Å²) in [7, 11) is 2.26. The molecule has 2 saturated heterocycles. The molecule has 0 amide bonds. The van der Waals surface area contributed by atoms with Crippen LogP contribution in [0.3, 0.4) is 0 Å². The van der Waals surface area contributed by atoms with Gasteiger partial charge in [-0.2, -0.15) is 20.7 Å². The molecule has 35 heavy (non-hydrogen) atoms. The molecule has 0 radical (unpaired) electrons. The maximum absolute atomic E-state index is 9.68. The highest BCUT2D eigenvalue weighted by Gasteiger charge is 2.39. The molecule has 0 saturated carbocycles. The number of nitriles is 2. The van der Waals surface area contributed by atoms with Gasteiger partial charge < -0.3 is 4.90 Å². The van der Waals surface area contributed by atoms with Gasteiger partial charge in [-0.1, -0.05) is 23.9 Å². The molecule has 3 atom stereocenters. The second-order valence-electron chi connectivity index (χ2n) is 9.53. The molecule has 2 aliphatic heterocycles. The van der Waals surface area contributed by atoms with Crippen LogP contribution in [0.1, 0.15) is 48.5 Å². The zero-order chi connectivity index (χ0) is 24.1. The van der Waals surface area contributed by atoms with Crippen molar-refractivity contribution in [2.24, 2.45) is 0 Å². The normalized spacial score (nSPS) is 21.8. The molecule has 0 N–H and O–H groups in total. The third kappa shape index (κ3) is 3.61. The number of piperidine rings is 1. The van der Waals surface area contributed by atoms with Gasteiger partial charge in [-0.05, 0) is 57.9 Å². The van der Waals surface area contributed by atoms with E-state index in [1.165, 1.54) is 24.6 Å². The molecule has 4 aromatic rings. The van der Waals surface area contributed by atoms with Crippen LogP contribution >= 0.6 is 11.8 Å². The number of benzene rings is 1. The molecule has 3 aromatic heterocycles. The van der Waals surface area contributed by atoms with Crippen LogP contribution in [0, 0.1) is 29.6 Å². The van der Waals surface area contributed by atoms with Gasteiger partial charge in [0.1, 0.15) is 12.1 Å². The Morgan fingerprint density at radius 2 is 1.69 bits per heavy atom. The van der Waals surface area contributed by atoms with Gasteiger partial charge >= 0.3 is 0 Å². The summed E-state index contributed by atoms with van der Waals surface area (Å²) in [5, 5.41) is 28.6. The van der Waals surface area contributed by atoms with Crippen molar-refractivity contribution in [1.82, 2.24) is 24.3 Å². The average Bonchev–Trinajstić information content (AvgIpc) is 3.51. The van der Waals surface area contributed by atoms with Gasteiger partial charge in [0.25, 0.3) is 0 Å². The van der Waals surface area contributed by atoms with Crippen molar-refractivity contribution >= 4 is 17.3 Å². The van der Waals surface area contributed by atoms with Crippen molar-refractivity contribution in [2.45, 2.75) is 60.5 Å². The third-order valence-corrected chi connectivity index (χ3v) is 8.81. The minimum absolute atomic E-state index is 0.424. The predicted octanol–water partition coefficient (Wildman–Crippen LogP) is 5.20. The predicted molar refractivity (Wildman–Crippen MR) is 134 cm³/mol. The summed E-state index contributed by atoms with van der Waals surface area (Å²) in [6, 6.07) is 15.9. The van der Waals surface area contributed by atoms with E-state index in [0.717, 1.165) is 45.0 Å². The quantitative estimate of drug-likeness (QED) is 0.400. The Hall–Kier alpha value is -3.59. The maximum Gasteiger partial charge on any atom is 0.103 e. The highest BCUT2D eigenvalue weighted by Crippen LogP contribution is 2.42. The van der Waals surface area contributed by atoms with E-state index >= 15 is 0 Å². The lowest BCUT2D eigenvalue weighted by Crippen LogP contribution is -2.40. The van der Waals surface area contributed by atoms with Crippen molar-refractivity contribution in [3.8, 4) is 23.3 Å². The fourth-order valence-corrected chi connectivity index (χ4v) is 6.91. The van der Waals surface area contributed by atoms with E-state index in [0.29, 0.717) is 29.3 Å². The van der Waals surface area contributed by atoms with Crippen LogP contribution in [0.5, 0.6) is 0 Å². The summed E-state index contributed by atoms with van der Waals surface area (Å²) in [6.07, 6.45) is 10.4. The van der Waals surface area contributed by atoms with E-state index in [9.17, 15) is 10.5 Å². The Bertz CT molecular complexity index is 1500. The number of nitrogens with zero attached hydrogens (tertiary/aromatic N) is 7. The number of fused-ring (bicyclic) bond motifs is 3. The van der Waals surface area contributed by atoms with Crippen molar-refractivity contribution in [2.75, 3.05) is 7.05 Å².